The molecule has 1 aliphatic carbocycles. The van der Waals surface area contributed by atoms with Crippen molar-refractivity contribution < 1.29 is 9.53 Å². The lowest BCUT2D eigenvalue weighted by Gasteiger charge is -2.31. The molecule has 0 radical (unpaired) electrons. The van der Waals surface area contributed by atoms with Crippen LogP contribution in [0.4, 0.5) is 0 Å². The van der Waals surface area contributed by atoms with Crippen molar-refractivity contribution in [3.05, 3.63) is 29.8 Å². The third-order valence-electron chi connectivity index (χ3n) is 5.18. The molecule has 3 rings (SSSR count). The van der Waals surface area contributed by atoms with Gasteiger partial charge in [0.1, 0.15) is 12.3 Å². The summed E-state index contributed by atoms with van der Waals surface area (Å²) in [5, 5.41) is 3.23. The largest absolute Gasteiger partial charge is 0.493 e. The maximum absolute atomic E-state index is 12.4. The summed E-state index contributed by atoms with van der Waals surface area (Å²) >= 11 is 0. The summed E-state index contributed by atoms with van der Waals surface area (Å²) in [4.78, 5) is 18.5. The number of carbonyl (C=O) groups excluding carboxylic acids is 1. The zero-order valence-corrected chi connectivity index (χ0v) is 14.9. The molecule has 1 aromatic carbocycles. The van der Waals surface area contributed by atoms with Gasteiger partial charge in [0.05, 0.1) is 12.6 Å². The highest BCUT2D eigenvalue weighted by Crippen LogP contribution is 2.31. The van der Waals surface area contributed by atoms with Crippen LogP contribution in [0.5, 0.6) is 5.75 Å². The first-order valence-corrected chi connectivity index (χ1v) is 9.19. The number of guanidine groups is 1. The highest BCUT2D eigenvalue weighted by atomic mass is 16.5. The number of nitrogens with one attached hydrogen (secondary N) is 1. The van der Waals surface area contributed by atoms with Gasteiger partial charge in [0.2, 0.25) is 5.91 Å². The third kappa shape index (κ3) is 4.44. The first-order valence-electron chi connectivity index (χ1n) is 9.19. The van der Waals surface area contributed by atoms with Crippen molar-refractivity contribution in [1.29, 1.82) is 0 Å². The molecule has 6 heteroatoms. The molecule has 1 saturated carbocycles. The molecule has 25 heavy (non-hydrogen) atoms. The van der Waals surface area contributed by atoms with E-state index >= 15 is 0 Å². The fraction of sp³-hybridized carbons (Fsp3) is 0.579. The molecule has 0 bridgehead atoms. The number of likely N-dealkylation sites (N-methyl/N-ethyl adjacent to an activating group) is 1. The fourth-order valence-corrected chi connectivity index (χ4v) is 3.65. The van der Waals surface area contributed by atoms with E-state index in [0.717, 1.165) is 30.6 Å². The van der Waals surface area contributed by atoms with Crippen molar-refractivity contribution >= 4 is 11.9 Å². The smallest absolute Gasteiger partial charge is 0.244 e. The van der Waals surface area contributed by atoms with Crippen LogP contribution in [0.15, 0.2) is 29.3 Å². The number of ether oxygens (including phenoxy) is 1. The number of nitrogens with two attached hydrogens (primary N) is 1. The Bertz CT molecular complexity index is 626. The molecule has 1 fully saturated rings. The second kappa shape index (κ2) is 8.23. The molecule has 1 aromatic rings. The minimum Gasteiger partial charge on any atom is -0.493 e. The van der Waals surface area contributed by atoms with Crippen LogP contribution in [0.25, 0.3) is 0 Å². The second-order valence-electron chi connectivity index (χ2n) is 6.87. The number of amides is 1. The summed E-state index contributed by atoms with van der Waals surface area (Å²) < 4.78 is 5.65. The number of aliphatic imine (C=N–C) groups is 1. The number of hydrogen-bond donors (Lipinski definition) is 2. The van der Waals surface area contributed by atoms with Gasteiger partial charge in [-0.1, -0.05) is 37.5 Å². The Hall–Kier alpha value is -2.24. The fourth-order valence-electron chi connectivity index (χ4n) is 3.65. The van der Waals surface area contributed by atoms with E-state index in [1.54, 1.807) is 0 Å². The van der Waals surface area contributed by atoms with Crippen LogP contribution < -0.4 is 15.8 Å². The van der Waals surface area contributed by atoms with Gasteiger partial charge in [-0.15, -0.1) is 0 Å². The number of hydrogen-bond acceptors (Lipinski definition) is 3. The van der Waals surface area contributed by atoms with Gasteiger partial charge in [0, 0.05) is 25.1 Å². The van der Waals surface area contributed by atoms with Crippen molar-refractivity contribution in [3.63, 3.8) is 0 Å². The second-order valence-corrected chi connectivity index (χ2v) is 6.87. The van der Waals surface area contributed by atoms with Crippen LogP contribution in [-0.2, 0) is 4.79 Å². The average Bonchev–Trinajstić information content (AvgIpc) is 2.66. The van der Waals surface area contributed by atoms with Gasteiger partial charge in [0.15, 0.2) is 5.96 Å². The van der Waals surface area contributed by atoms with E-state index < -0.39 is 0 Å². The zero-order chi connectivity index (χ0) is 17.6. The SMILES string of the molecule is CN(C(=O)CN=C(N)NC1CCOc2ccccc21)C1CCCCC1. The van der Waals surface area contributed by atoms with Crippen molar-refractivity contribution in [2.45, 2.75) is 50.6 Å². The lowest BCUT2D eigenvalue weighted by Crippen LogP contribution is -2.41. The predicted molar refractivity (Wildman–Crippen MR) is 98.6 cm³/mol. The van der Waals surface area contributed by atoms with Crippen LogP contribution in [0.1, 0.15) is 50.1 Å². The number of carbonyl (C=O) groups is 1. The molecule has 1 unspecified atom stereocenters. The predicted octanol–water partition coefficient (Wildman–Crippen LogP) is 2.21. The average molecular weight is 344 g/mol. The highest BCUT2D eigenvalue weighted by Gasteiger charge is 2.23. The van der Waals surface area contributed by atoms with Gasteiger partial charge in [-0.05, 0) is 18.9 Å². The molecule has 1 amide bonds. The number of fused-ring (bicyclic) bond motifs is 1. The van der Waals surface area contributed by atoms with Crippen LogP contribution in [0.2, 0.25) is 0 Å². The van der Waals surface area contributed by atoms with Gasteiger partial charge in [-0.2, -0.15) is 0 Å². The standard InChI is InChI=1S/C19H28N4O2/c1-23(14-7-3-2-4-8-14)18(24)13-21-19(20)22-16-11-12-25-17-10-6-5-9-15(16)17/h5-6,9-10,14,16H,2-4,7-8,11-13H2,1H3,(H3,20,21,22). The molecular weight excluding hydrogens is 316 g/mol. The van der Waals surface area contributed by atoms with Crippen molar-refractivity contribution in [3.8, 4) is 5.75 Å². The Balaban J connectivity index is 1.54. The first-order chi connectivity index (χ1) is 12.1. The van der Waals surface area contributed by atoms with Crippen LogP contribution in [0.3, 0.4) is 0 Å². The molecule has 6 nitrogen and oxygen atoms in total. The van der Waals surface area contributed by atoms with Gasteiger partial charge in [-0.25, -0.2) is 4.99 Å². The zero-order valence-electron chi connectivity index (χ0n) is 14.9. The summed E-state index contributed by atoms with van der Waals surface area (Å²) in [5.74, 6) is 1.23. The van der Waals surface area contributed by atoms with E-state index in [-0.39, 0.29) is 18.5 Å². The Morgan fingerprint density at radius 3 is 2.84 bits per heavy atom. The number of nitrogens with zero attached hydrogens (tertiary/aromatic N) is 2. The highest BCUT2D eigenvalue weighted by molar-refractivity contribution is 5.84. The van der Waals surface area contributed by atoms with Gasteiger partial charge >= 0.3 is 0 Å². The molecule has 136 valence electrons. The molecule has 3 N–H and O–H groups in total. The quantitative estimate of drug-likeness (QED) is 0.648. The Morgan fingerprint density at radius 2 is 2.04 bits per heavy atom. The van der Waals surface area contributed by atoms with Crippen LogP contribution in [0, 0.1) is 0 Å². The summed E-state index contributed by atoms with van der Waals surface area (Å²) in [6, 6.07) is 8.35. The van der Waals surface area contributed by atoms with Crippen LogP contribution >= 0.6 is 0 Å². The van der Waals surface area contributed by atoms with E-state index in [1.807, 2.05) is 36.2 Å². The summed E-state index contributed by atoms with van der Waals surface area (Å²) in [5.41, 5.74) is 7.10. The molecular formula is C19H28N4O2. The molecule has 1 heterocycles. The van der Waals surface area contributed by atoms with E-state index in [2.05, 4.69) is 10.3 Å². The molecule has 0 spiro atoms. The van der Waals surface area contributed by atoms with Crippen LogP contribution in [-0.4, -0.2) is 43.0 Å². The van der Waals surface area contributed by atoms with E-state index in [1.165, 1.54) is 19.3 Å². The van der Waals surface area contributed by atoms with Crippen molar-refractivity contribution in [2.75, 3.05) is 20.2 Å². The monoisotopic (exact) mass is 344 g/mol. The van der Waals surface area contributed by atoms with Crippen molar-refractivity contribution in [2.24, 2.45) is 10.7 Å². The molecule has 0 saturated heterocycles. The van der Waals surface area contributed by atoms with Gasteiger partial charge in [-0.3, -0.25) is 4.79 Å². The van der Waals surface area contributed by atoms with E-state index in [4.69, 9.17) is 10.5 Å². The minimum absolute atomic E-state index is 0.0315. The first kappa shape index (κ1) is 17.6. The summed E-state index contributed by atoms with van der Waals surface area (Å²) in [6.07, 6.45) is 6.71. The Labute approximate surface area is 149 Å². The number of para-hydroxylation sites is 1. The molecule has 2 aliphatic rings. The minimum atomic E-state index is 0.0315. The summed E-state index contributed by atoms with van der Waals surface area (Å²) in [6.45, 7) is 0.738. The molecule has 1 aliphatic heterocycles. The lowest BCUT2D eigenvalue weighted by molar-refractivity contribution is -0.130. The Morgan fingerprint density at radius 1 is 1.28 bits per heavy atom. The van der Waals surface area contributed by atoms with E-state index in [0.29, 0.717) is 18.6 Å². The maximum Gasteiger partial charge on any atom is 0.244 e. The maximum atomic E-state index is 12.4. The summed E-state index contributed by atoms with van der Waals surface area (Å²) in [7, 11) is 1.88. The van der Waals surface area contributed by atoms with E-state index in [9.17, 15) is 4.79 Å². The van der Waals surface area contributed by atoms with Gasteiger partial charge < -0.3 is 20.7 Å². The molecule has 1 atom stereocenters. The Kier molecular flexibility index (Phi) is 5.79. The number of benzene rings is 1. The third-order valence-corrected chi connectivity index (χ3v) is 5.18. The van der Waals surface area contributed by atoms with Crippen molar-refractivity contribution in [1.82, 2.24) is 10.2 Å². The number of rotatable bonds is 4. The topological polar surface area (TPSA) is 80.0 Å². The molecule has 0 aromatic heterocycles. The lowest BCUT2D eigenvalue weighted by atomic mass is 9.94. The normalized spacial score (nSPS) is 21.2. The van der Waals surface area contributed by atoms with Gasteiger partial charge in [0.25, 0.3) is 0 Å².